The van der Waals surface area contributed by atoms with Crippen LogP contribution in [0, 0.1) is 0 Å². The molecule has 2 heterocycles. The van der Waals surface area contributed by atoms with Crippen molar-refractivity contribution in [1.29, 1.82) is 0 Å². The zero-order valence-electron chi connectivity index (χ0n) is 20.2. The number of hydrogen-bond acceptors (Lipinski definition) is 5. The molecule has 182 valence electrons. The van der Waals surface area contributed by atoms with Crippen LogP contribution in [0.3, 0.4) is 0 Å². The van der Waals surface area contributed by atoms with Crippen LogP contribution in [-0.2, 0) is 4.79 Å². The Bertz CT molecular complexity index is 1140. The Hall–Kier alpha value is -3.87. The molecular weight excluding hydrogens is 440 g/mol. The number of rotatable bonds is 8. The molecule has 1 fully saturated rings. The molecule has 1 aromatic heterocycles. The standard InChI is InChI=1S/C28H32N4O3/c1-3-22(20-10-5-4-6-11-20)28(34)32-18-15-21(16-19-32)30-27(33)23-12-9-17-29-26(23)31-24-13-7-8-14-25(24)35-2/h4-14,17,21-22H,3,15-16,18-19H2,1-2H3,(H,29,31)(H,30,33). The van der Waals surface area contributed by atoms with Crippen LogP contribution in [-0.4, -0.2) is 47.9 Å². The van der Waals surface area contributed by atoms with Crippen molar-refractivity contribution in [2.45, 2.75) is 38.1 Å². The highest BCUT2D eigenvalue weighted by Gasteiger charge is 2.29. The number of nitrogens with one attached hydrogen (secondary N) is 2. The highest BCUT2D eigenvalue weighted by atomic mass is 16.5. The van der Waals surface area contributed by atoms with Gasteiger partial charge in [0.05, 0.1) is 24.3 Å². The van der Waals surface area contributed by atoms with Crippen molar-refractivity contribution in [3.63, 3.8) is 0 Å². The molecule has 0 spiro atoms. The summed E-state index contributed by atoms with van der Waals surface area (Å²) in [5, 5.41) is 6.35. The second-order valence-electron chi connectivity index (χ2n) is 8.67. The van der Waals surface area contributed by atoms with E-state index in [1.807, 2.05) is 66.4 Å². The van der Waals surface area contributed by atoms with Crippen molar-refractivity contribution < 1.29 is 14.3 Å². The number of aromatic nitrogens is 1. The Morgan fingerprint density at radius 1 is 1.03 bits per heavy atom. The first-order valence-electron chi connectivity index (χ1n) is 12.1. The Kier molecular flexibility index (Phi) is 7.98. The summed E-state index contributed by atoms with van der Waals surface area (Å²) in [6, 6.07) is 21.0. The lowest BCUT2D eigenvalue weighted by Gasteiger charge is -2.34. The maximum atomic E-state index is 13.2. The molecule has 1 aliphatic rings. The number of benzene rings is 2. The number of piperidine rings is 1. The number of methoxy groups -OCH3 is 1. The molecule has 35 heavy (non-hydrogen) atoms. The summed E-state index contributed by atoms with van der Waals surface area (Å²) in [4.78, 5) is 32.6. The minimum atomic E-state index is -0.184. The van der Waals surface area contributed by atoms with Crippen LogP contribution in [0.15, 0.2) is 72.9 Å². The van der Waals surface area contributed by atoms with Gasteiger partial charge in [0.2, 0.25) is 5.91 Å². The lowest BCUT2D eigenvalue weighted by atomic mass is 9.93. The van der Waals surface area contributed by atoms with Gasteiger partial charge in [-0.1, -0.05) is 49.4 Å². The van der Waals surface area contributed by atoms with Gasteiger partial charge in [-0.15, -0.1) is 0 Å². The van der Waals surface area contributed by atoms with E-state index in [0.717, 1.165) is 30.5 Å². The maximum absolute atomic E-state index is 13.2. The molecule has 3 aromatic rings. The fourth-order valence-electron chi connectivity index (χ4n) is 4.53. The number of para-hydroxylation sites is 2. The number of hydrogen-bond donors (Lipinski definition) is 2. The second-order valence-corrected chi connectivity index (χ2v) is 8.67. The van der Waals surface area contributed by atoms with Gasteiger partial charge in [0, 0.05) is 25.3 Å². The van der Waals surface area contributed by atoms with Crippen molar-refractivity contribution >= 4 is 23.3 Å². The van der Waals surface area contributed by atoms with Crippen molar-refractivity contribution in [3.8, 4) is 5.75 Å². The van der Waals surface area contributed by atoms with Crippen LogP contribution < -0.4 is 15.4 Å². The minimum Gasteiger partial charge on any atom is -0.495 e. The van der Waals surface area contributed by atoms with E-state index in [-0.39, 0.29) is 23.8 Å². The van der Waals surface area contributed by atoms with Gasteiger partial charge >= 0.3 is 0 Å². The molecule has 2 N–H and O–H groups in total. The van der Waals surface area contributed by atoms with Gasteiger partial charge in [0.25, 0.3) is 5.91 Å². The third-order valence-electron chi connectivity index (χ3n) is 6.46. The van der Waals surface area contributed by atoms with Crippen LogP contribution in [0.5, 0.6) is 5.75 Å². The van der Waals surface area contributed by atoms with Crippen molar-refractivity contribution in [2.24, 2.45) is 0 Å². The predicted octanol–water partition coefficient (Wildman–Crippen LogP) is 4.75. The molecule has 0 aliphatic carbocycles. The van der Waals surface area contributed by atoms with Gasteiger partial charge in [0.15, 0.2) is 0 Å². The molecule has 0 saturated carbocycles. The first kappa shape index (κ1) is 24.3. The number of ether oxygens (including phenoxy) is 1. The number of likely N-dealkylation sites (tertiary alicyclic amines) is 1. The van der Waals surface area contributed by atoms with Crippen molar-refractivity contribution in [1.82, 2.24) is 15.2 Å². The van der Waals surface area contributed by atoms with Gasteiger partial charge in [-0.2, -0.15) is 0 Å². The van der Waals surface area contributed by atoms with E-state index in [1.165, 1.54) is 0 Å². The molecule has 4 rings (SSSR count). The predicted molar refractivity (Wildman–Crippen MR) is 137 cm³/mol. The topological polar surface area (TPSA) is 83.6 Å². The van der Waals surface area contributed by atoms with Gasteiger partial charge in [0.1, 0.15) is 11.6 Å². The fraction of sp³-hybridized carbons (Fsp3) is 0.321. The summed E-state index contributed by atoms with van der Waals surface area (Å²) in [7, 11) is 1.60. The monoisotopic (exact) mass is 472 g/mol. The number of anilines is 2. The van der Waals surface area contributed by atoms with E-state index in [4.69, 9.17) is 4.74 Å². The van der Waals surface area contributed by atoms with E-state index in [2.05, 4.69) is 15.6 Å². The molecule has 7 nitrogen and oxygen atoms in total. The molecule has 0 bridgehead atoms. The number of pyridine rings is 1. The minimum absolute atomic E-state index is 0.00247. The van der Waals surface area contributed by atoms with Crippen LogP contribution in [0.25, 0.3) is 0 Å². The summed E-state index contributed by atoms with van der Waals surface area (Å²) in [6.45, 7) is 3.31. The number of carbonyl (C=O) groups excluding carboxylic acids is 2. The number of carbonyl (C=O) groups is 2. The molecule has 1 unspecified atom stereocenters. The Morgan fingerprint density at radius 2 is 1.74 bits per heavy atom. The van der Waals surface area contributed by atoms with Crippen LogP contribution in [0.2, 0.25) is 0 Å². The van der Waals surface area contributed by atoms with Crippen molar-refractivity contribution in [2.75, 3.05) is 25.5 Å². The van der Waals surface area contributed by atoms with E-state index in [9.17, 15) is 9.59 Å². The van der Waals surface area contributed by atoms with Gasteiger partial charge < -0.3 is 20.3 Å². The average molecular weight is 473 g/mol. The first-order chi connectivity index (χ1) is 17.1. The van der Waals surface area contributed by atoms with E-state index >= 15 is 0 Å². The largest absolute Gasteiger partial charge is 0.495 e. The van der Waals surface area contributed by atoms with Crippen LogP contribution in [0.4, 0.5) is 11.5 Å². The Morgan fingerprint density at radius 3 is 2.46 bits per heavy atom. The maximum Gasteiger partial charge on any atom is 0.255 e. The molecule has 1 aliphatic heterocycles. The quantitative estimate of drug-likeness (QED) is 0.494. The summed E-state index contributed by atoms with van der Waals surface area (Å²) in [6.07, 6.45) is 3.86. The Labute approximate surface area is 206 Å². The van der Waals surface area contributed by atoms with E-state index < -0.39 is 0 Å². The molecule has 2 amide bonds. The van der Waals surface area contributed by atoms with Crippen molar-refractivity contribution in [3.05, 3.63) is 84.1 Å². The SMILES string of the molecule is CCC(C(=O)N1CCC(NC(=O)c2cccnc2Nc2ccccc2OC)CC1)c1ccccc1. The van der Waals surface area contributed by atoms with E-state index in [1.54, 1.807) is 25.4 Å². The van der Waals surface area contributed by atoms with Gasteiger partial charge in [-0.05, 0) is 49.1 Å². The number of nitrogens with zero attached hydrogens (tertiary/aromatic N) is 2. The zero-order valence-corrected chi connectivity index (χ0v) is 20.2. The highest BCUT2D eigenvalue weighted by molar-refractivity contribution is 5.99. The highest BCUT2D eigenvalue weighted by Crippen LogP contribution is 2.28. The molecule has 1 atom stereocenters. The normalized spacial score (nSPS) is 14.7. The van der Waals surface area contributed by atoms with Gasteiger partial charge in [-0.3, -0.25) is 9.59 Å². The summed E-state index contributed by atoms with van der Waals surface area (Å²) in [5.41, 5.74) is 2.26. The fourth-order valence-corrected chi connectivity index (χ4v) is 4.53. The average Bonchev–Trinajstić information content (AvgIpc) is 2.90. The molecule has 1 saturated heterocycles. The first-order valence-corrected chi connectivity index (χ1v) is 12.1. The summed E-state index contributed by atoms with van der Waals surface area (Å²) < 4.78 is 5.40. The molecule has 7 heteroatoms. The third kappa shape index (κ3) is 5.80. The van der Waals surface area contributed by atoms with Crippen LogP contribution in [0.1, 0.15) is 48.0 Å². The van der Waals surface area contributed by atoms with E-state index in [0.29, 0.717) is 30.2 Å². The van der Waals surface area contributed by atoms with Gasteiger partial charge in [-0.25, -0.2) is 4.98 Å². The van der Waals surface area contributed by atoms with Crippen LogP contribution >= 0.6 is 0 Å². The molecule has 0 radical (unpaired) electrons. The smallest absolute Gasteiger partial charge is 0.255 e. The summed E-state index contributed by atoms with van der Waals surface area (Å²) >= 11 is 0. The molecular formula is C28H32N4O3. The lowest BCUT2D eigenvalue weighted by Crippen LogP contribution is -2.47. The lowest BCUT2D eigenvalue weighted by molar-refractivity contribution is -0.134. The number of amides is 2. The summed E-state index contributed by atoms with van der Waals surface area (Å²) in [5.74, 6) is 0.995. The molecule has 2 aromatic carbocycles. The Balaban J connectivity index is 1.37. The third-order valence-corrected chi connectivity index (χ3v) is 6.46. The zero-order chi connectivity index (χ0) is 24.6. The second kappa shape index (κ2) is 11.5.